The molecule has 112 valence electrons. The van der Waals surface area contributed by atoms with Crippen LogP contribution in [0.15, 0.2) is 54.6 Å². The number of hydrogen-bond acceptors (Lipinski definition) is 3. The Morgan fingerprint density at radius 3 is 2.18 bits per heavy atom. The number of non-ortho nitro benzene ring substituents is 1. The third kappa shape index (κ3) is 5.22. The molecule has 0 fully saturated rings. The molecule has 0 heterocycles. The number of ketones is 1. The van der Waals surface area contributed by atoms with Gasteiger partial charge in [0, 0.05) is 24.1 Å². The third-order valence-electron chi connectivity index (χ3n) is 2.68. The molecule has 0 spiro atoms. The number of rotatable bonds is 3. The van der Waals surface area contributed by atoms with E-state index in [1.54, 1.807) is 0 Å². The Kier molecular flexibility index (Phi) is 7.07. The van der Waals surface area contributed by atoms with E-state index >= 15 is 0 Å². The minimum atomic E-state index is -0.505. The summed E-state index contributed by atoms with van der Waals surface area (Å²) in [5, 5.41) is 10.5. The van der Waals surface area contributed by atoms with E-state index < -0.39 is 4.92 Å². The summed E-state index contributed by atoms with van der Waals surface area (Å²) >= 11 is 0. The minimum Gasteiger partial charge on any atom is -0.279 e. The van der Waals surface area contributed by atoms with Crippen molar-refractivity contribution in [3.8, 4) is 11.8 Å². The quantitative estimate of drug-likeness (QED) is 0.282. The number of nitrogens with zero attached hydrogens (tertiary/aromatic N) is 1. The van der Waals surface area contributed by atoms with Crippen molar-refractivity contribution in [3.05, 3.63) is 75.8 Å². The lowest BCUT2D eigenvalue weighted by molar-refractivity contribution is -0.384. The number of carbonyl (C=O) groups excluding carboxylic acids is 1. The van der Waals surface area contributed by atoms with Crippen molar-refractivity contribution in [2.45, 2.75) is 20.3 Å². The lowest BCUT2D eigenvalue weighted by Gasteiger charge is -1.94. The molecule has 22 heavy (non-hydrogen) atoms. The van der Waals surface area contributed by atoms with Gasteiger partial charge in [-0.05, 0) is 23.6 Å². The average Bonchev–Trinajstić information content (AvgIpc) is 2.57. The second-order valence-corrected chi connectivity index (χ2v) is 4.10. The van der Waals surface area contributed by atoms with Gasteiger partial charge in [0.05, 0.1) is 4.92 Å². The molecule has 2 rings (SSSR count). The van der Waals surface area contributed by atoms with E-state index in [0.717, 1.165) is 5.56 Å². The highest BCUT2D eigenvalue weighted by Gasteiger charge is 2.07. The van der Waals surface area contributed by atoms with Crippen LogP contribution < -0.4 is 0 Å². The molecule has 2 aromatic rings. The maximum atomic E-state index is 11.8. The van der Waals surface area contributed by atoms with Crippen molar-refractivity contribution in [1.82, 2.24) is 0 Å². The van der Waals surface area contributed by atoms with Gasteiger partial charge in [-0.15, -0.1) is 0 Å². The van der Waals surface area contributed by atoms with Crippen LogP contribution in [-0.4, -0.2) is 10.7 Å². The Morgan fingerprint density at radius 2 is 1.64 bits per heavy atom. The molecule has 0 aliphatic rings. The first-order valence-electron chi connectivity index (χ1n) is 6.98. The summed E-state index contributed by atoms with van der Waals surface area (Å²) in [5.74, 6) is 5.00. The summed E-state index contributed by atoms with van der Waals surface area (Å²) in [6.07, 6.45) is 0.500. The van der Waals surface area contributed by atoms with Crippen molar-refractivity contribution in [2.75, 3.05) is 0 Å². The summed E-state index contributed by atoms with van der Waals surface area (Å²) in [7, 11) is 0. The van der Waals surface area contributed by atoms with E-state index in [1.807, 2.05) is 44.2 Å². The van der Waals surface area contributed by atoms with Crippen molar-refractivity contribution in [2.24, 2.45) is 0 Å². The molecule has 0 atom stereocenters. The molecule has 4 heteroatoms. The predicted molar refractivity (Wildman–Crippen MR) is 86.7 cm³/mol. The molecule has 0 aliphatic carbocycles. The lowest BCUT2D eigenvalue weighted by atomic mass is 10.1. The van der Waals surface area contributed by atoms with Crippen LogP contribution in [0, 0.1) is 22.0 Å². The van der Waals surface area contributed by atoms with Gasteiger partial charge in [0.1, 0.15) is 0 Å². The van der Waals surface area contributed by atoms with Crippen LogP contribution in [0.1, 0.15) is 29.8 Å². The van der Waals surface area contributed by atoms with Gasteiger partial charge >= 0.3 is 0 Å². The molecule has 2 aromatic carbocycles. The molecule has 0 radical (unpaired) electrons. The van der Waals surface area contributed by atoms with Crippen LogP contribution in [0.4, 0.5) is 5.69 Å². The van der Waals surface area contributed by atoms with Crippen LogP contribution in [0.3, 0.4) is 0 Å². The van der Waals surface area contributed by atoms with E-state index in [0.29, 0.717) is 12.0 Å². The molecule has 0 saturated heterocycles. The number of hydrogen-bond donors (Lipinski definition) is 0. The smallest absolute Gasteiger partial charge is 0.269 e. The number of nitro benzene ring substituents is 1. The van der Waals surface area contributed by atoms with Crippen LogP contribution >= 0.6 is 0 Å². The van der Waals surface area contributed by atoms with Gasteiger partial charge in [-0.3, -0.25) is 14.9 Å². The maximum absolute atomic E-state index is 11.8. The van der Waals surface area contributed by atoms with E-state index in [-0.39, 0.29) is 11.5 Å². The van der Waals surface area contributed by atoms with Gasteiger partial charge in [0.25, 0.3) is 5.69 Å². The summed E-state index contributed by atoms with van der Waals surface area (Å²) in [5.41, 5.74) is 1.35. The van der Waals surface area contributed by atoms with E-state index in [9.17, 15) is 14.9 Å². The molecular formula is C18H17NO3. The molecule has 0 aromatic heterocycles. The molecule has 0 amide bonds. The van der Waals surface area contributed by atoms with Crippen molar-refractivity contribution in [1.29, 1.82) is 0 Å². The summed E-state index contributed by atoms with van der Waals surface area (Å²) in [6, 6.07) is 15.0. The van der Waals surface area contributed by atoms with Crippen LogP contribution in [-0.2, 0) is 6.42 Å². The van der Waals surface area contributed by atoms with Gasteiger partial charge in [0.2, 0.25) is 5.78 Å². The second-order valence-electron chi connectivity index (χ2n) is 4.10. The van der Waals surface area contributed by atoms with E-state index in [4.69, 9.17) is 0 Å². The van der Waals surface area contributed by atoms with Gasteiger partial charge in [-0.1, -0.05) is 50.1 Å². The van der Waals surface area contributed by atoms with E-state index in [1.165, 1.54) is 24.3 Å². The lowest BCUT2D eigenvalue weighted by Crippen LogP contribution is -1.96. The van der Waals surface area contributed by atoms with Gasteiger partial charge < -0.3 is 0 Å². The highest BCUT2D eigenvalue weighted by molar-refractivity contribution is 6.09. The zero-order valence-corrected chi connectivity index (χ0v) is 12.6. The number of carbonyl (C=O) groups is 1. The summed E-state index contributed by atoms with van der Waals surface area (Å²) in [6.45, 7) is 4.00. The Morgan fingerprint density at radius 1 is 1.05 bits per heavy atom. The Hall–Kier alpha value is -2.93. The first kappa shape index (κ1) is 17.1. The zero-order chi connectivity index (χ0) is 16.4. The highest BCUT2D eigenvalue weighted by Crippen LogP contribution is 2.12. The fraction of sp³-hybridized carbons (Fsp3) is 0.167. The molecule has 0 aliphatic heterocycles. The first-order chi connectivity index (χ1) is 10.7. The van der Waals surface area contributed by atoms with E-state index in [2.05, 4.69) is 11.8 Å². The Bertz CT molecular complexity index is 680. The number of nitro groups is 1. The molecule has 0 saturated carbocycles. The highest BCUT2D eigenvalue weighted by atomic mass is 16.6. The summed E-state index contributed by atoms with van der Waals surface area (Å²) in [4.78, 5) is 21.8. The topological polar surface area (TPSA) is 60.2 Å². The second kappa shape index (κ2) is 9.09. The number of benzene rings is 2. The first-order valence-corrected chi connectivity index (χ1v) is 6.98. The monoisotopic (exact) mass is 295 g/mol. The van der Waals surface area contributed by atoms with Gasteiger partial charge in [-0.2, -0.15) is 0 Å². The largest absolute Gasteiger partial charge is 0.279 e. The van der Waals surface area contributed by atoms with Crippen LogP contribution in [0.2, 0.25) is 0 Å². The van der Waals surface area contributed by atoms with Gasteiger partial charge in [-0.25, -0.2) is 0 Å². The number of Topliss-reactive ketones (excluding diaryl/α,β-unsaturated/α-hetero) is 1. The van der Waals surface area contributed by atoms with Crippen molar-refractivity contribution >= 4 is 11.5 Å². The fourth-order valence-electron chi connectivity index (χ4n) is 1.63. The predicted octanol–water partition coefficient (Wildman–Crippen LogP) is 4.05. The Labute approximate surface area is 129 Å². The molecule has 0 N–H and O–H groups in total. The molecule has 0 unspecified atom stereocenters. The minimum absolute atomic E-state index is 0.0428. The van der Waals surface area contributed by atoms with Crippen molar-refractivity contribution < 1.29 is 9.72 Å². The molecule has 0 bridgehead atoms. The summed E-state index contributed by atoms with van der Waals surface area (Å²) < 4.78 is 0. The van der Waals surface area contributed by atoms with Crippen LogP contribution in [0.25, 0.3) is 0 Å². The fourth-order valence-corrected chi connectivity index (χ4v) is 1.63. The zero-order valence-electron chi connectivity index (χ0n) is 12.6. The molecule has 4 nitrogen and oxygen atoms in total. The molecular weight excluding hydrogens is 278 g/mol. The van der Waals surface area contributed by atoms with Gasteiger partial charge in [0.15, 0.2) is 0 Å². The Balaban J connectivity index is 0.00000116. The SMILES string of the molecule is CC.O=C(C#CCc1ccccc1)c1ccc([N+](=O)[O-])cc1. The normalized spacial score (nSPS) is 8.82. The average molecular weight is 295 g/mol. The standard InChI is InChI=1S/C16H11NO3.C2H6/c18-16(8-4-7-13-5-2-1-3-6-13)14-9-11-15(12-10-14)17(19)20;1-2/h1-3,5-6,9-12H,7H2;1-2H3. The third-order valence-corrected chi connectivity index (χ3v) is 2.68. The van der Waals surface area contributed by atoms with Crippen LogP contribution in [0.5, 0.6) is 0 Å². The maximum Gasteiger partial charge on any atom is 0.269 e. The van der Waals surface area contributed by atoms with Crippen molar-refractivity contribution in [3.63, 3.8) is 0 Å².